The Balaban J connectivity index is 2.56. The van der Waals surface area contributed by atoms with Crippen molar-refractivity contribution >= 4 is 10.1 Å². The Labute approximate surface area is 60.3 Å². The highest BCUT2D eigenvalue weighted by molar-refractivity contribution is 7.86. The van der Waals surface area contributed by atoms with E-state index in [1.54, 1.807) is 0 Å². The van der Waals surface area contributed by atoms with Crippen molar-refractivity contribution < 1.29 is 17.3 Å². The Morgan fingerprint density at radius 3 is 2.70 bits per heavy atom. The van der Waals surface area contributed by atoms with Crippen LogP contribution < -0.4 is 0 Å². The molecule has 1 unspecified atom stereocenters. The average Bonchev–Trinajstić information content (AvgIpc) is 1.86. The zero-order valence-corrected chi connectivity index (χ0v) is 6.56. The first-order valence-electron chi connectivity index (χ1n) is 3.16. The van der Waals surface area contributed by atoms with E-state index in [1.807, 2.05) is 6.92 Å². The van der Waals surface area contributed by atoms with Crippen LogP contribution in [0.1, 0.15) is 13.3 Å². The lowest BCUT2D eigenvalue weighted by atomic mass is 10.5. The van der Waals surface area contributed by atoms with Gasteiger partial charge in [-0.3, -0.25) is 0 Å². The number of hydrogen-bond acceptors (Lipinski definition) is 4. The molecule has 0 N–H and O–H groups in total. The molecule has 1 saturated heterocycles. The van der Waals surface area contributed by atoms with Crippen LogP contribution >= 0.6 is 0 Å². The first-order valence-corrected chi connectivity index (χ1v) is 4.74. The topological polar surface area (TPSA) is 52.6 Å². The maximum absolute atomic E-state index is 10.7. The second-order valence-corrected chi connectivity index (χ2v) is 3.78. The molecule has 1 fully saturated rings. The number of ether oxygens (including phenoxy) is 1. The molecule has 0 aromatic carbocycles. The van der Waals surface area contributed by atoms with Gasteiger partial charge in [0, 0.05) is 0 Å². The summed E-state index contributed by atoms with van der Waals surface area (Å²) in [7, 11) is -3.27. The third-order valence-corrected chi connectivity index (χ3v) is 2.40. The highest BCUT2D eigenvalue weighted by Crippen LogP contribution is 2.11. The van der Waals surface area contributed by atoms with Crippen molar-refractivity contribution in [3.63, 3.8) is 0 Å². The molecule has 0 bridgehead atoms. The van der Waals surface area contributed by atoms with Gasteiger partial charge in [-0.25, -0.2) is 4.18 Å². The second kappa shape index (κ2) is 2.86. The summed E-state index contributed by atoms with van der Waals surface area (Å²) in [4.78, 5) is 0. The van der Waals surface area contributed by atoms with E-state index in [-0.39, 0.29) is 12.4 Å². The van der Waals surface area contributed by atoms with Crippen molar-refractivity contribution in [3.8, 4) is 0 Å². The molecule has 0 amide bonds. The summed E-state index contributed by atoms with van der Waals surface area (Å²) >= 11 is 0. The largest absolute Gasteiger partial charge is 0.350 e. The second-order valence-electron chi connectivity index (χ2n) is 2.07. The van der Waals surface area contributed by atoms with E-state index in [0.29, 0.717) is 6.42 Å². The van der Waals surface area contributed by atoms with Crippen LogP contribution in [0.15, 0.2) is 0 Å². The number of hydrogen-bond donors (Lipinski definition) is 0. The van der Waals surface area contributed by atoms with Crippen LogP contribution in [0.4, 0.5) is 0 Å². The van der Waals surface area contributed by atoms with Crippen molar-refractivity contribution in [2.45, 2.75) is 19.6 Å². The van der Waals surface area contributed by atoms with Gasteiger partial charge in [0.25, 0.3) is 10.1 Å². The predicted molar refractivity (Wildman–Crippen MR) is 34.9 cm³/mol. The molecular formula is C5H10O4S. The predicted octanol–water partition coefficient (Wildman–Crippen LogP) is 0.0991. The van der Waals surface area contributed by atoms with Gasteiger partial charge in [-0.05, 0) is 6.42 Å². The van der Waals surface area contributed by atoms with Crippen LogP contribution in [0.5, 0.6) is 0 Å². The fourth-order valence-electron chi connectivity index (χ4n) is 0.707. The fraction of sp³-hybridized carbons (Fsp3) is 1.00. The Kier molecular flexibility index (Phi) is 2.28. The Hall–Kier alpha value is -0.130. The van der Waals surface area contributed by atoms with Gasteiger partial charge in [0.15, 0.2) is 6.29 Å². The Morgan fingerprint density at radius 2 is 2.30 bits per heavy atom. The minimum atomic E-state index is -3.27. The monoisotopic (exact) mass is 166 g/mol. The SMILES string of the molecule is CCC1OCCS(=O)(=O)O1. The van der Waals surface area contributed by atoms with E-state index in [0.717, 1.165) is 0 Å². The van der Waals surface area contributed by atoms with Gasteiger partial charge in [0.2, 0.25) is 0 Å². The molecule has 1 aliphatic heterocycles. The van der Waals surface area contributed by atoms with Crippen molar-refractivity contribution in [2.75, 3.05) is 12.4 Å². The van der Waals surface area contributed by atoms with Gasteiger partial charge in [-0.15, -0.1) is 0 Å². The summed E-state index contributed by atoms with van der Waals surface area (Å²) in [5.74, 6) is -0.0243. The van der Waals surface area contributed by atoms with Gasteiger partial charge in [-0.1, -0.05) is 6.92 Å². The van der Waals surface area contributed by atoms with E-state index in [4.69, 9.17) is 4.74 Å². The lowest BCUT2D eigenvalue weighted by Crippen LogP contribution is -2.31. The summed E-state index contributed by atoms with van der Waals surface area (Å²) < 4.78 is 31.0. The molecule has 1 atom stereocenters. The maximum Gasteiger partial charge on any atom is 0.272 e. The van der Waals surface area contributed by atoms with Crippen LogP contribution in [0, 0.1) is 0 Å². The summed E-state index contributed by atoms with van der Waals surface area (Å²) in [6, 6.07) is 0. The summed E-state index contributed by atoms with van der Waals surface area (Å²) in [5.41, 5.74) is 0. The van der Waals surface area contributed by atoms with Crippen LogP contribution in [-0.2, 0) is 19.0 Å². The molecule has 1 heterocycles. The van der Waals surface area contributed by atoms with E-state index in [2.05, 4.69) is 4.18 Å². The van der Waals surface area contributed by atoms with Gasteiger partial charge in [0.1, 0.15) is 0 Å². The van der Waals surface area contributed by atoms with E-state index in [9.17, 15) is 8.42 Å². The van der Waals surface area contributed by atoms with Crippen LogP contribution in [0.2, 0.25) is 0 Å². The number of rotatable bonds is 1. The third-order valence-electron chi connectivity index (χ3n) is 1.22. The molecule has 10 heavy (non-hydrogen) atoms. The molecule has 4 nitrogen and oxygen atoms in total. The summed E-state index contributed by atoms with van der Waals surface area (Å²) in [6.45, 7) is 2.06. The van der Waals surface area contributed by atoms with E-state index < -0.39 is 16.4 Å². The average molecular weight is 166 g/mol. The smallest absolute Gasteiger partial charge is 0.272 e. The van der Waals surface area contributed by atoms with Crippen LogP contribution in [-0.4, -0.2) is 27.1 Å². The lowest BCUT2D eigenvalue weighted by Gasteiger charge is -2.20. The quantitative estimate of drug-likeness (QED) is 0.518. The first-order chi connectivity index (χ1) is 4.64. The highest BCUT2D eigenvalue weighted by Gasteiger charge is 2.23. The molecule has 0 spiro atoms. The molecule has 0 aromatic heterocycles. The van der Waals surface area contributed by atoms with Crippen molar-refractivity contribution in [1.29, 1.82) is 0 Å². The highest BCUT2D eigenvalue weighted by atomic mass is 32.2. The zero-order chi connectivity index (χ0) is 7.61. The molecule has 0 aromatic rings. The first kappa shape index (κ1) is 7.97. The molecule has 1 aliphatic rings. The molecule has 1 rings (SSSR count). The normalized spacial score (nSPS) is 31.9. The Morgan fingerprint density at radius 1 is 1.60 bits per heavy atom. The summed E-state index contributed by atoms with van der Waals surface area (Å²) in [6.07, 6.45) is 0.0120. The standard InChI is InChI=1S/C5H10O4S/c1-2-5-8-3-4-10(6,7)9-5/h5H,2-4H2,1H3. The van der Waals surface area contributed by atoms with Gasteiger partial charge < -0.3 is 4.74 Å². The minimum absolute atomic E-state index is 0.0243. The molecule has 0 saturated carbocycles. The maximum atomic E-state index is 10.7. The Bertz CT molecular complexity index is 196. The lowest BCUT2D eigenvalue weighted by molar-refractivity contribution is -0.0862. The minimum Gasteiger partial charge on any atom is -0.350 e. The zero-order valence-electron chi connectivity index (χ0n) is 5.74. The molecule has 60 valence electrons. The molecule has 0 aliphatic carbocycles. The molecule has 0 radical (unpaired) electrons. The summed E-state index contributed by atoms with van der Waals surface area (Å²) in [5, 5.41) is 0. The molecule has 5 heteroatoms. The fourth-order valence-corrected chi connectivity index (χ4v) is 1.62. The third kappa shape index (κ3) is 1.93. The molecular weight excluding hydrogens is 156 g/mol. The van der Waals surface area contributed by atoms with Crippen molar-refractivity contribution in [1.82, 2.24) is 0 Å². The van der Waals surface area contributed by atoms with Gasteiger partial charge in [-0.2, -0.15) is 8.42 Å². The van der Waals surface area contributed by atoms with Gasteiger partial charge in [0.05, 0.1) is 12.4 Å². The van der Waals surface area contributed by atoms with Crippen molar-refractivity contribution in [3.05, 3.63) is 0 Å². The van der Waals surface area contributed by atoms with E-state index >= 15 is 0 Å². The van der Waals surface area contributed by atoms with Crippen LogP contribution in [0.25, 0.3) is 0 Å². The van der Waals surface area contributed by atoms with Gasteiger partial charge >= 0.3 is 0 Å². The van der Waals surface area contributed by atoms with E-state index in [1.165, 1.54) is 0 Å². The van der Waals surface area contributed by atoms with Crippen molar-refractivity contribution in [2.24, 2.45) is 0 Å². The van der Waals surface area contributed by atoms with Crippen LogP contribution in [0.3, 0.4) is 0 Å².